The number of nitrogens with two attached hydrogens (primary N) is 1. The molecule has 0 bridgehead atoms. The molecule has 2 N–H and O–H groups in total. The lowest BCUT2D eigenvalue weighted by atomic mass is 10.1. The lowest BCUT2D eigenvalue weighted by Crippen LogP contribution is -2.44. The molecule has 6 heteroatoms. The minimum atomic E-state index is -3.46. The topological polar surface area (TPSA) is 76.3 Å². The third kappa shape index (κ3) is 2.71. The summed E-state index contributed by atoms with van der Waals surface area (Å²) >= 11 is 0. The molecule has 2 heterocycles. The second-order valence-electron chi connectivity index (χ2n) is 4.54. The van der Waals surface area contributed by atoms with E-state index in [4.69, 9.17) is 5.73 Å². The normalized spacial score (nSPS) is 22.6. The first-order valence-electron chi connectivity index (χ1n) is 6.28. The summed E-state index contributed by atoms with van der Waals surface area (Å²) in [5.74, 6) is 0. The van der Waals surface area contributed by atoms with E-state index in [1.165, 1.54) is 6.20 Å². The SMILES string of the molecule is NCC1CCCCCN1S(=O)(=O)c1cccnc1. The van der Waals surface area contributed by atoms with Gasteiger partial charge in [0.2, 0.25) is 10.0 Å². The predicted molar refractivity (Wildman–Crippen MR) is 69.4 cm³/mol. The van der Waals surface area contributed by atoms with Crippen LogP contribution in [0.3, 0.4) is 0 Å². The minimum absolute atomic E-state index is 0.0855. The molecule has 1 aromatic heterocycles. The van der Waals surface area contributed by atoms with Crippen LogP contribution in [0.2, 0.25) is 0 Å². The number of pyridine rings is 1. The van der Waals surface area contributed by atoms with Gasteiger partial charge in [-0.2, -0.15) is 4.31 Å². The first kappa shape index (κ1) is 13.5. The van der Waals surface area contributed by atoms with Gasteiger partial charge >= 0.3 is 0 Å². The summed E-state index contributed by atoms with van der Waals surface area (Å²) in [5, 5.41) is 0. The van der Waals surface area contributed by atoms with E-state index in [0.29, 0.717) is 13.1 Å². The molecule has 18 heavy (non-hydrogen) atoms. The van der Waals surface area contributed by atoms with Gasteiger partial charge in [-0.3, -0.25) is 4.98 Å². The second kappa shape index (κ2) is 5.77. The van der Waals surface area contributed by atoms with Gasteiger partial charge in [0.05, 0.1) is 0 Å². The number of aromatic nitrogens is 1. The van der Waals surface area contributed by atoms with E-state index in [1.54, 1.807) is 22.6 Å². The monoisotopic (exact) mass is 269 g/mol. The molecule has 0 aliphatic carbocycles. The third-order valence-corrected chi connectivity index (χ3v) is 5.27. The van der Waals surface area contributed by atoms with Crippen LogP contribution in [0.1, 0.15) is 25.7 Å². The fourth-order valence-electron chi connectivity index (χ4n) is 2.34. The molecule has 1 aromatic rings. The van der Waals surface area contributed by atoms with Crippen molar-refractivity contribution in [2.75, 3.05) is 13.1 Å². The van der Waals surface area contributed by atoms with E-state index < -0.39 is 10.0 Å². The van der Waals surface area contributed by atoms with Crippen molar-refractivity contribution < 1.29 is 8.42 Å². The molecule has 5 nitrogen and oxygen atoms in total. The van der Waals surface area contributed by atoms with Crippen molar-refractivity contribution in [3.8, 4) is 0 Å². The molecule has 0 spiro atoms. The largest absolute Gasteiger partial charge is 0.329 e. The van der Waals surface area contributed by atoms with Crippen molar-refractivity contribution in [1.82, 2.24) is 9.29 Å². The van der Waals surface area contributed by atoms with Gasteiger partial charge in [0.15, 0.2) is 0 Å². The quantitative estimate of drug-likeness (QED) is 0.887. The lowest BCUT2D eigenvalue weighted by Gasteiger charge is -2.27. The Balaban J connectivity index is 2.32. The number of rotatable bonds is 3. The summed E-state index contributed by atoms with van der Waals surface area (Å²) in [6, 6.07) is 3.14. The Labute approximate surface area is 108 Å². The van der Waals surface area contributed by atoms with Gasteiger partial charge in [0.1, 0.15) is 4.90 Å². The molecule has 0 radical (unpaired) electrons. The molecular formula is C12H19N3O2S. The number of sulfonamides is 1. The third-order valence-electron chi connectivity index (χ3n) is 3.34. The van der Waals surface area contributed by atoms with Crippen LogP contribution in [0.15, 0.2) is 29.4 Å². The molecule has 1 fully saturated rings. The van der Waals surface area contributed by atoms with E-state index in [1.807, 2.05) is 0 Å². The first-order chi connectivity index (χ1) is 8.66. The zero-order valence-corrected chi connectivity index (χ0v) is 11.1. The highest BCUT2D eigenvalue weighted by molar-refractivity contribution is 7.89. The van der Waals surface area contributed by atoms with Crippen LogP contribution in [0.5, 0.6) is 0 Å². The molecule has 1 aliphatic heterocycles. The Hall–Kier alpha value is -0.980. The van der Waals surface area contributed by atoms with E-state index in [-0.39, 0.29) is 10.9 Å². The Morgan fingerprint density at radius 2 is 2.22 bits per heavy atom. The van der Waals surface area contributed by atoms with Gasteiger partial charge < -0.3 is 5.73 Å². The molecule has 100 valence electrons. The molecule has 0 amide bonds. The summed E-state index contributed by atoms with van der Waals surface area (Å²) in [7, 11) is -3.46. The predicted octanol–water partition coefficient (Wildman–Crippen LogP) is 0.974. The van der Waals surface area contributed by atoms with Crippen LogP contribution in [0.4, 0.5) is 0 Å². The molecular weight excluding hydrogens is 250 g/mol. The molecule has 1 unspecified atom stereocenters. The van der Waals surface area contributed by atoms with Gasteiger partial charge in [-0.05, 0) is 25.0 Å². The molecule has 1 atom stereocenters. The van der Waals surface area contributed by atoms with Crippen molar-refractivity contribution in [2.24, 2.45) is 5.73 Å². The van der Waals surface area contributed by atoms with Gasteiger partial charge in [0.25, 0.3) is 0 Å². The maximum Gasteiger partial charge on any atom is 0.244 e. The van der Waals surface area contributed by atoms with Crippen LogP contribution < -0.4 is 5.73 Å². The Kier molecular flexibility index (Phi) is 4.31. The summed E-state index contributed by atoms with van der Waals surface area (Å²) in [6.45, 7) is 0.929. The molecule has 1 aliphatic rings. The number of hydrogen-bond donors (Lipinski definition) is 1. The lowest BCUT2D eigenvalue weighted by molar-refractivity contribution is 0.328. The summed E-state index contributed by atoms with van der Waals surface area (Å²) < 4.78 is 26.6. The molecule has 0 aromatic carbocycles. The molecule has 1 saturated heterocycles. The zero-order valence-electron chi connectivity index (χ0n) is 10.3. The Bertz CT molecular complexity index is 475. The van der Waals surface area contributed by atoms with Crippen molar-refractivity contribution in [3.05, 3.63) is 24.5 Å². The van der Waals surface area contributed by atoms with Crippen LogP contribution in [0, 0.1) is 0 Å². The number of hydrogen-bond acceptors (Lipinski definition) is 4. The van der Waals surface area contributed by atoms with E-state index >= 15 is 0 Å². The van der Waals surface area contributed by atoms with Crippen LogP contribution in [0.25, 0.3) is 0 Å². The van der Waals surface area contributed by atoms with Gasteiger partial charge in [-0.25, -0.2) is 8.42 Å². The Morgan fingerprint density at radius 1 is 1.39 bits per heavy atom. The van der Waals surface area contributed by atoms with E-state index in [0.717, 1.165) is 25.7 Å². The molecule has 0 saturated carbocycles. The average Bonchev–Trinajstić information content (AvgIpc) is 2.65. The standard InChI is InChI=1S/C12H19N3O2S/c13-9-11-5-2-1-3-8-15(11)18(16,17)12-6-4-7-14-10-12/h4,6-7,10-11H,1-3,5,8-9,13H2. The van der Waals surface area contributed by atoms with Gasteiger partial charge in [0, 0.05) is 31.5 Å². The van der Waals surface area contributed by atoms with Crippen LogP contribution in [-0.2, 0) is 10.0 Å². The van der Waals surface area contributed by atoms with Crippen molar-refractivity contribution in [3.63, 3.8) is 0 Å². The summed E-state index contributed by atoms with van der Waals surface area (Å²) in [4.78, 5) is 4.14. The first-order valence-corrected chi connectivity index (χ1v) is 7.72. The highest BCUT2D eigenvalue weighted by Gasteiger charge is 2.31. The zero-order chi connectivity index (χ0) is 13.0. The minimum Gasteiger partial charge on any atom is -0.329 e. The van der Waals surface area contributed by atoms with Gasteiger partial charge in [-0.15, -0.1) is 0 Å². The fourth-order valence-corrected chi connectivity index (χ4v) is 4.01. The maximum absolute atomic E-state index is 12.5. The maximum atomic E-state index is 12.5. The second-order valence-corrected chi connectivity index (χ2v) is 6.43. The highest BCUT2D eigenvalue weighted by Crippen LogP contribution is 2.23. The number of nitrogens with zero attached hydrogens (tertiary/aromatic N) is 2. The van der Waals surface area contributed by atoms with Crippen LogP contribution in [-0.4, -0.2) is 36.8 Å². The highest BCUT2D eigenvalue weighted by atomic mass is 32.2. The fraction of sp³-hybridized carbons (Fsp3) is 0.583. The molecule has 2 rings (SSSR count). The van der Waals surface area contributed by atoms with Gasteiger partial charge in [-0.1, -0.05) is 12.8 Å². The van der Waals surface area contributed by atoms with Crippen molar-refractivity contribution in [1.29, 1.82) is 0 Å². The Morgan fingerprint density at radius 3 is 2.89 bits per heavy atom. The van der Waals surface area contributed by atoms with E-state index in [9.17, 15) is 8.42 Å². The summed E-state index contributed by atoms with van der Waals surface area (Å²) in [6.07, 6.45) is 6.82. The van der Waals surface area contributed by atoms with E-state index in [2.05, 4.69) is 4.98 Å². The van der Waals surface area contributed by atoms with Crippen molar-refractivity contribution >= 4 is 10.0 Å². The van der Waals surface area contributed by atoms with Crippen molar-refractivity contribution in [2.45, 2.75) is 36.6 Å². The smallest absolute Gasteiger partial charge is 0.244 e. The van der Waals surface area contributed by atoms with Crippen LogP contribution >= 0.6 is 0 Å². The summed E-state index contributed by atoms with van der Waals surface area (Å²) in [5.41, 5.74) is 5.72. The average molecular weight is 269 g/mol.